The lowest BCUT2D eigenvalue weighted by Crippen LogP contribution is -2.44. The second kappa shape index (κ2) is 8.31. The minimum absolute atomic E-state index is 0.0114. The Kier molecular flexibility index (Phi) is 5.88. The molecule has 136 valence electrons. The Bertz CT molecular complexity index is 616. The average molecular weight is 347 g/mol. The smallest absolute Gasteiger partial charge is 0.238 e. The number of anilines is 1. The molecule has 1 aromatic carbocycles. The second-order valence-electron chi connectivity index (χ2n) is 6.44. The third kappa shape index (κ3) is 4.70. The van der Waals surface area contributed by atoms with Gasteiger partial charge in [0.1, 0.15) is 5.75 Å². The summed E-state index contributed by atoms with van der Waals surface area (Å²) in [6.07, 6.45) is 0.808. The molecule has 1 aromatic rings. The molecule has 0 spiro atoms. The first-order valence-corrected chi connectivity index (χ1v) is 8.68. The fourth-order valence-electron chi connectivity index (χ4n) is 3.32. The number of morpholine rings is 1. The van der Waals surface area contributed by atoms with Gasteiger partial charge < -0.3 is 19.7 Å². The number of methoxy groups -OCH3 is 1. The Hall–Kier alpha value is -2.12. The number of nitrogens with one attached hydrogen (secondary N) is 1. The Morgan fingerprint density at radius 2 is 2.08 bits per heavy atom. The zero-order valence-corrected chi connectivity index (χ0v) is 14.6. The van der Waals surface area contributed by atoms with Crippen LogP contribution in [0.25, 0.3) is 0 Å². The highest BCUT2D eigenvalue weighted by Crippen LogP contribution is 2.20. The quantitative estimate of drug-likeness (QED) is 0.854. The molecule has 2 amide bonds. The van der Waals surface area contributed by atoms with Crippen LogP contribution in [0, 0.1) is 5.92 Å². The van der Waals surface area contributed by atoms with Crippen LogP contribution in [-0.4, -0.2) is 74.7 Å². The van der Waals surface area contributed by atoms with E-state index in [2.05, 4.69) is 5.32 Å². The van der Waals surface area contributed by atoms with Crippen molar-refractivity contribution < 1.29 is 19.1 Å². The van der Waals surface area contributed by atoms with Gasteiger partial charge in [0.15, 0.2) is 0 Å². The summed E-state index contributed by atoms with van der Waals surface area (Å²) in [6, 6.07) is 7.28. The lowest BCUT2D eigenvalue weighted by Gasteiger charge is -2.29. The highest BCUT2D eigenvalue weighted by molar-refractivity contribution is 5.92. The van der Waals surface area contributed by atoms with Crippen LogP contribution in [0.1, 0.15) is 6.42 Å². The summed E-state index contributed by atoms with van der Waals surface area (Å²) in [5, 5.41) is 2.88. The van der Waals surface area contributed by atoms with Crippen LogP contribution in [-0.2, 0) is 14.3 Å². The van der Waals surface area contributed by atoms with Gasteiger partial charge in [0, 0.05) is 31.4 Å². The Balaban J connectivity index is 1.47. The molecule has 2 aliphatic heterocycles. The molecular formula is C18H25N3O4. The number of benzene rings is 1. The van der Waals surface area contributed by atoms with E-state index in [1.54, 1.807) is 13.2 Å². The normalized spacial score (nSPS) is 21.2. The predicted molar refractivity (Wildman–Crippen MR) is 93.6 cm³/mol. The summed E-state index contributed by atoms with van der Waals surface area (Å²) in [6.45, 7) is 4.28. The maximum atomic E-state index is 12.5. The van der Waals surface area contributed by atoms with Crippen LogP contribution in [0.15, 0.2) is 24.3 Å². The molecule has 25 heavy (non-hydrogen) atoms. The molecular weight excluding hydrogens is 322 g/mol. The van der Waals surface area contributed by atoms with Crippen LogP contribution in [0.5, 0.6) is 5.75 Å². The zero-order valence-electron chi connectivity index (χ0n) is 14.6. The van der Waals surface area contributed by atoms with E-state index in [4.69, 9.17) is 9.47 Å². The number of carbonyl (C=O) groups excluding carboxylic acids is 2. The van der Waals surface area contributed by atoms with Gasteiger partial charge in [-0.15, -0.1) is 0 Å². The summed E-state index contributed by atoms with van der Waals surface area (Å²) in [5.74, 6) is 0.810. The minimum atomic E-state index is -0.0762. The summed E-state index contributed by atoms with van der Waals surface area (Å²) in [4.78, 5) is 28.7. The molecule has 1 atom stereocenters. The molecule has 2 saturated heterocycles. The molecule has 7 heteroatoms. The molecule has 0 radical (unpaired) electrons. The fourth-order valence-corrected chi connectivity index (χ4v) is 3.32. The van der Waals surface area contributed by atoms with Crippen molar-refractivity contribution in [3.8, 4) is 5.75 Å². The Labute approximate surface area is 147 Å². The molecule has 2 heterocycles. The van der Waals surface area contributed by atoms with E-state index in [9.17, 15) is 9.59 Å². The van der Waals surface area contributed by atoms with E-state index < -0.39 is 0 Å². The van der Waals surface area contributed by atoms with Crippen molar-refractivity contribution in [1.82, 2.24) is 9.80 Å². The zero-order chi connectivity index (χ0) is 17.6. The maximum Gasteiger partial charge on any atom is 0.238 e. The molecule has 1 N–H and O–H groups in total. The van der Waals surface area contributed by atoms with Gasteiger partial charge in [-0.1, -0.05) is 6.07 Å². The summed E-state index contributed by atoms with van der Waals surface area (Å²) >= 11 is 0. The number of nitrogens with zero attached hydrogens (tertiary/aromatic N) is 2. The van der Waals surface area contributed by atoms with E-state index in [0.717, 1.165) is 13.0 Å². The van der Waals surface area contributed by atoms with Crippen molar-refractivity contribution in [2.24, 2.45) is 5.92 Å². The first-order chi connectivity index (χ1) is 12.2. The second-order valence-corrected chi connectivity index (χ2v) is 6.44. The standard InChI is InChI=1S/C18H25N3O4/c1-24-16-4-2-3-15(11-16)19-17(22)13-20-6-5-14(12-20)18(23)21-7-9-25-10-8-21/h2-4,11,14H,5-10,12-13H2,1H3,(H,19,22). The van der Waals surface area contributed by atoms with Gasteiger partial charge in [0.05, 0.1) is 32.8 Å². The third-order valence-electron chi connectivity index (χ3n) is 4.67. The fraction of sp³-hybridized carbons (Fsp3) is 0.556. The number of rotatable bonds is 5. The van der Waals surface area contributed by atoms with Crippen LogP contribution >= 0.6 is 0 Å². The van der Waals surface area contributed by atoms with Crippen LogP contribution in [0.3, 0.4) is 0 Å². The molecule has 7 nitrogen and oxygen atoms in total. The van der Waals surface area contributed by atoms with Crippen LogP contribution < -0.4 is 10.1 Å². The monoisotopic (exact) mass is 347 g/mol. The number of hydrogen-bond acceptors (Lipinski definition) is 5. The van der Waals surface area contributed by atoms with Crippen molar-refractivity contribution in [3.63, 3.8) is 0 Å². The van der Waals surface area contributed by atoms with Crippen LogP contribution in [0.2, 0.25) is 0 Å². The van der Waals surface area contributed by atoms with E-state index in [0.29, 0.717) is 50.8 Å². The van der Waals surface area contributed by atoms with Crippen molar-refractivity contribution in [2.45, 2.75) is 6.42 Å². The van der Waals surface area contributed by atoms with Crippen molar-refractivity contribution in [2.75, 3.05) is 58.4 Å². The first kappa shape index (κ1) is 17.7. The molecule has 3 rings (SSSR count). The topological polar surface area (TPSA) is 71.1 Å². The molecule has 0 aromatic heterocycles. The number of amides is 2. The van der Waals surface area contributed by atoms with E-state index in [-0.39, 0.29) is 17.7 Å². The first-order valence-electron chi connectivity index (χ1n) is 8.68. The molecule has 1 unspecified atom stereocenters. The van der Waals surface area contributed by atoms with Gasteiger partial charge >= 0.3 is 0 Å². The highest BCUT2D eigenvalue weighted by atomic mass is 16.5. The van der Waals surface area contributed by atoms with E-state index in [1.807, 2.05) is 28.0 Å². The van der Waals surface area contributed by atoms with Gasteiger partial charge in [0.25, 0.3) is 0 Å². The largest absolute Gasteiger partial charge is 0.497 e. The SMILES string of the molecule is COc1cccc(NC(=O)CN2CCC(C(=O)N3CCOCC3)C2)c1. The third-order valence-corrected chi connectivity index (χ3v) is 4.67. The summed E-state index contributed by atoms with van der Waals surface area (Å²) in [5.41, 5.74) is 0.712. The number of ether oxygens (including phenoxy) is 2. The Morgan fingerprint density at radius 1 is 1.28 bits per heavy atom. The Morgan fingerprint density at radius 3 is 2.84 bits per heavy atom. The molecule has 0 aliphatic carbocycles. The molecule has 2 aliphatic rings. The number of carbonyl (C=O) groups is 2. The van der Waals surface area contributed by atoms with Gasteiger partial charge in [-0.3, -0.25) is 14.5 Å². The van der Waals surface area contributed by atoms with Crippen LogP contribution in [0.4, 0.5) is 5.69 Å². The van der Waals surface area contributed by atoms with Gasteiger partial charge in [-0.05, 0) is 25.1 Å². The van der Waals surface area contributed by atoms with E-state index >= 15 is 0 Å². The average Bonchev–Trinajstić information content (AvgIpc) is 3.10. The van der Waals surface area contributed by atoms with E-state index in [1.165, 1.54) is 0 Å². The maximum absolute atomic E-state index is 12.5. The molecule has 0 bridgehead atoms. The molecule has 2 fully saturated rings. The van der Waals surface area contributed by atoms with Crippen molar-refractivity contribution >= 4 is 17.5 Å². The van der Waals surface area contributed by atoms with Crippen molar-refractivity contribution in [1.29, 1.82) is 0 Å². The number of likely N-dealkylation sites (tertiary alicyclic amines) is 1. The number of hydrogen-bond donors (Lipinski definition) is 1. The minimum Gasteiger partial charge on any atom is -0.497 e. The molecule has 0 saturated carbocycles. The van der Waals surface area contributed by atoms with Gasteiger partial charge in [-0.2, -0.15) is 0 Å². The van der Waals surface area contributed by atoms with Gasteiger partial charge in [-0.25, -0.2) is 0 Å². The predicted octanol–water partition coefficient (Wildman–Crippen LogP) is 0.814. The summed E-state index contributed by atoms with van der Waals surface area (Å²) in [7, 11) is 1.59. The summed E-state index contributed by atoms with van der Waals surface area (Å²) < 4.78 is 10.4. The highest BCUT2D eigenvalue weighted by Gasteiger charge is 2.32. The van der Waals surface area contributed by atoms with Crippen molar-refractivity contribution in [3.05, 3.63) is 24.3 Å². The van der Waals surface area contributed by atoms with Gasteiger partial charge in [0.2, 0.25) is 11.8 Å². The lowest BCUT2D eigenvalue weighted by atomic mass is 10.1. The lowest BCUT2D eigenvalue weighted by molar-refractivity contribution is -0.139.